The number of nitrogens with two attached hydrogens (primary N) is 1. The van der Waals surface area contributed by atoms with Crippen LogP contribution in [0.25, 0.3) is 11.3 Å². The monoisotopic (exact) mass is 526 g/mol. The van der Waals surface area contributed by atoms with Crippen molar-refractivity contribution in [3.8, 4) is 22.9 Å². The van der Waals surface area contributed by atoms with E-state index < -0.39 is 28.9 Å². The lowest BCUT2D eigenvalue weighted by Crippen LogP contribution is -2.13. The van der Waals surface area contributed by atoms with Crippen LogP contribution in [0, 0.1) is 17.5 Å². The number of hydrogen-bond donors (Lipinski definition) is 3. The summed E-state index contributed by atoms with van der Waals surface area (Å²) in [5.74, 6) is -4.34. The van der Waals surface area contributed by atoms with Gasteiger partial charge in [-0.2, -0.15) is 4.39 Å². The van der Waals surface area contributed by atoms with Gasteiger partial charge in [-0.3, -0.25) is 0 Å². The van der Waals surface area contributed by atoms with Gasteiger partial charge in [-0.25, -0.2) is 23.7 Å². The number of halogens is 3. The molecule has 2 heterocycles. The molecule has 0 spiro atoms. The first-order valence-electron chi connectivity index (χ1n) is 11.3. The number of nitrogens with one attached hydrogen (secondary N) is 1. The second-order valence-electron chi connectivity index (χ2n) is 8.34. The Bertz CT molecular complexity index is 1420. The number of aromatic nitrogens is 3. The Labute approximate surface area is 214 Å². The molecule has 190 valence electrons. The van der Waals surface area contributed by atoms with Crippen LogP contribution in [-0.4, -0.2) is 24.6 Å². The van der Waals surface area contributed by atoms with Gasteiger partial charge in [0, 0.05) is 18.5 Å². The van der Waals surface area contributed by atoms with Crippen LogP contribution in [-0.2, 0) is 6.54 Å². The average Bonchev–Trinajstić information content (AvgIpc) is 3.73. The van der Waals surface area contributed by atoms with Crippen LogP contribution in [0.4, 0.5) is 24.8 Å². The highest BCUT2D eigenvalue weighted by Crippen LogP contribution is 2.40. The number of hydrogen-bond acceptors (Lipinski definition) is 9. The van der Waals surface area contributed by atoms with Gasteiger partial charge in [-0.15, -0.1) is 4.47 Å². The fourth-order valence-electron chi connectivity index (χ4n) is 3.63. The normalized spacial score (nSPS) is 13.1. The van der Waals surface area contributed by atoms with Crippen LogP contribution in [0.3, 0.4) is 0 Å². The summed E-state index contributed by atoms with van der Waals surface area (Å²) in [6.45, 7) is 0.0749. The van der Waals surface area contributed by atoms with Crippen molar-refractivity contribution < 1.29 is 23.1 Å². The van der Waals surface area contributed by atoms with E-state index in [2.05, 4.69) is 19.7 Å². The van der Waals surface area contributed by atoms with Crippen molar-refractivity contribution in [2.24, 2.45) is 0 Å². The molecule has 4 N–H and O–H groups in total. The third-order valence-electron chi connectivity index (χ3n) is 5.65. The topological polar surface area (TPSA) is 109 Å². The summed E-state index contributed by atoms with van der Waals surface area (Å²) in [6, 6.07) is 13.1. The van der Waals surface area contributed by atoms with Crippen LogP contribution in [0.15, 0.2) is 60.9 Å². The average molecular weight is 527 g/mol. The highest BCUT2D eigenvalue weighted by atomic mass is 32.2. The van der Waals surface area contributed by atoms with E-state index in [0.29, 0.717) is 35.4 Å². The van der Waals surface area contributed by atoms with Crippen LogP contribution >= 0.6 is 12.1 Å². The van der Waals surface area contributed by atoms with E-state index >= 15 is 0 Å². The van der Waals surface area contributed by atoms with Crippen molar-refractivity contribution >= 4 is 23.8 Å². The first-order chi connectivity index (χ1) is 17.9. The van der Waals surface area contributed by atoms with E-state index in [1.165, 1.54) is 36.9 Å². The lowest BCUT2D eigenvalue weighted by atomic mass is 10.1. The Morgan fingerprint density at radius 1 is 1.05 bits per heavy atom. The van der Waals surface area contributed by atoms with Crippen molar-refractivity contribution in [3.63, 3.8) is 0 Å². The summed E-state index contributed by atoms with van der Waals surface area (Å²) in [6.07, 6.45) is 5.15. The fourth-order valence-corrected chi connectivity index (χ4v) is 4.23. The molecule has 37 heavy (non-hydrogen) atoms. The zero-order valence-electron chi connectivity index (χ0n) is 19.2. The van der Waals surface area contributed by atoms with Crippen LogP contribution in [0.5, 0.6) is 11.6 Å². The Morgan fingerprint density at radius 2 is 1.84 bits per heavy atom. The summed E-state index contributed by atoms with van der Waals surface area (Å²) in [4.78, 5) is 11.9. The molecule has 2 aromatic carbocycles. The smallest absolute Gasteiger partial charge is 0.228 e. The Kier molecular flexibility index (Phi) is 7.12. The number of rotatable bonds is 9. The third-order valence-corrected chi connectivity index (χ3v) is 6.29. The molecule has 12 heteroatoms. The number of benzene rings is 2. The van der Waals surface area contributed by atoms with Gasteiger partial charge in [0.1, 0.15) is 5.69 Å². The number of hydroxylamine groups is 1. The molecule has 0 radical (unpaired) electrons. The summed E-state index contributed by atoms with van der Waals surface area (Å²) in [5, 5.41) is 10.2. The zero-order valence-corrected chi connectivity index (χ0v) is 20.1. The number of nitrogens with zero attached hydrogens (tertiary/aromatic N) is 4. The molecule has 1 fully saturated rings. The minimum Gasteiger partial charge on any atom is -0.435 e. The standard InChI is InChI=1S/C25H21F3N6O2S/c26-18-12-20(36-24-17(2-1-10-30-24)19-9-11-31-25(29)32-19)21(27)22(28)23(18)33-37-34(35)13-14-3-5-15(6-4-14)16-7-8-16/h1-6,9-12,16,33,35H,7-8,13H2,(H2,29,31,32). The van der Waals surface area contributed by atoms with E-state index in [-0.39, 0.29) is 18.4 Å². The zero-order chi connectivity index (χ0) is 25.9. The predicted molar refractivity (Wildman–Crippen MR) is 133 cm³/mol. The SMILES string of the molecule is Nc1nccc(-c2cccnc2Oc2cc(F)c(NSN(O)Cc3ccc(C4CC4)cc3)c(F)c2F)n1. The summed E-state index contributed by atoms with van der Waals surface area (Å²) >= 11 is 0.508. The molecule has 8 nitrogen and oxygen atoms in total. The molecule has 0 bridgehead atoms. The van der Waals surface area contributed by atoms with Crippen LogP contribution in [0.1, 0.15) is 29.9 Å². The van der Waals surface area contributed by atoms with E-state index in [4.69, 9.17) is 10.5 Å². The summed E-state index contributed by atoms with van der Waals surface area (Å²) in [7, 11) is 0. The van der Waals surface area contributed by atoms with Gasteiger partial charge in [0.15, 0.2) is 17.4 Å². The molecular weight excluding hydrogens is 505 g/mol. The Morgan fingerprint density at radius 3 is 2.57 bits per heavy atom. The summed E-state index contributed by atoms with van der Waals surface area (Å²) in [5.41, 5.74) is 7.54. The molecule has 0 unspecified atom stereocenters. The lowest BCUT2D eigenvalue weighted by molar-refractivity contribution is 0.00944. The van der Waals surface area contributed by atoms with E-state index in [0.717, 1.165) is 10.0 Å². The van der Waals surface area contributed by atoms with Gasteiger partial charge >= 0.3 is 0 Å². The van der Waals surface area contributed by atoms with Crippen molar-refractivity contribution in [2.45, 2.75) is 25.3 Å². The van der Waals surface area contributed by atoms with Gasteiger partial charge in [-0.05, 0) is 48.1 Å². The largest absolute Gasteiger partial charge is 0.435 e. The minimum absolute atomic E-state index is 0.00306. The second-order valence-corrected chi connectivity index (χ2v) is 9.15. The molecule has 0 amide bonds. The second kappa shape index (κ2) is 10.6. The molecule has 2 aromatic heterocycles. The number of ether oxygens (including phenoxy) is 1. The van der Waals surface area contributed by atoms with Crippen molar-refractivity contribution in [2.75, 3.05) is 10.5 Å². The van der Waals surface area contributed by atoms with Gasteiger partial charge in [0.2, 0.25) is 17.6 Å². The molecule has 5 rings (SSSR count). The first kappa shape index (κ1) is 24.8. The maximum Gasteiger partial charge on any atom is 0.228 e. The molecule has 0 saturated heterocycles. The minimum atomic E-state index is -1.52. The molecule has 0 aliphatic heterocycles. The van der Waals surface area contributed by atoms with Gasteiger partial charge in [0.25, 0.3) is 0 Å². The van der Waals surface area contributed by atoms with Gasteiger partial charge < -0.3 is 20.4 Å². The summed E-state index contributed by atoms with van der Waals surface area (Å²) < 4.78 is 52.9. The molecule has 1 aliphatic rings. The highest BCUT2D eigenvalue weighted by Gasteiger charge is 2.24. The van der Waals surface area contributed by atoms with Gasteiger partial charge in [-0.1, -0.05) is 24.3 Å². The lowest BCUT2D eigenvalue weighted by Gasteiger charge is -2.17. The quantitative estimate of drug-likeness (QED) is 0.136. The maximum absolute atomic E-state index is 14.8. The molecular formula is C25H21F3N6O2S. The van der Waals surface area contributed by atoms with Crippen LogP contribution < -0.4 is 15.2 Å². The van der Waals surface area contributed by atoms with Crippen molar-refractivity contribution in [1.29, 1.82) is 0 Å². The van der Waals surface area contributed by atoms with Crippen molar-refractivity contribution in [3.05, 3.63) is 89.5 Å². The maximum atomic E-state index is 14.8. The Hall–Kier alpha value is -3.87. The third kappa shape index (κ3) is 5.77. The molecule has 1 aliphatic carbocycles. The molecule has 4 aromatic rings. The molecule has 0 atom stereocenters. The molecule has 1 saturated carbocycles. The van der Waals surface area contributed by atoms with Crippen LogP contribution in [0.2, 0.25) is 0 Å². The Balaban J connectivity index is 1.29. The highest BCUT2D eigenvalue weighted by molar-refractivity contribution is 7.98. The van der Waals surface area contributed by atoms with E-state index in [9.17, 15) is 18.4 Å². The number of nitrogen functional groups attached to an aromatic ring is 1. The fraction of sp³-hybridized carbons (Fsp3) is 0.160. The van der Waals surface area contributed by atoms with Crippen molar-refractivity contribution in [1.82, 2.24) is 19.4 Å². The number of pyridine rings is 1. The van der Waals surface area contributed by atoms with E-state index in [1.54, 1.807) is 12.1 Å². The van der Waals surface area contributed by atoms with Gasteiger partial charge in [0.05, 0.1) is 29.9 Å². The predicted octanol–water partition coefficient (Wildman–Crippen LogP) is 6.07. The number of anilines is 2. The first-order valence-corrected chi connectivity index (χ1v) is 12.0. The van der Waals surface area contributed by atoms with E-state index in [1.807, 2.05) is 24.3 Å².